The SMILES string of the molecule is CC(C)C[C@H](NC(=O)[C@@H]1CCCN1C(=O)[C@H](CCC(=O)O)NC(=O)[C@H](CCC(=O)O)NC(=O)CNC(=O)c1ccc2c(c1)C(=O)OC21c2ccc(O)cc2Oc2cc(O)ccc21)C(=O)N[C@@H](Cc1ccc(O)cc1)C(=O)N[C@@H](Cc1c[nH]c2ccccc12)C(=O)N[C@@H](CO)C(=O)N[C@@H](Cc1ccccc1)C(=O)N1CCC[C@H]1C(=O)N[C@@H](C)C(=O)N[C@@H](CCCCN)C(=O)N[C@@H](CCCCN)C(=O)N[C@@H](CCCCN)C(N)=O. The first kappa shape index (κ1) is 112. The smallest absolute Gasteiger partial charge is 0.340 e. The monoisotopic (exact) mass is 2040 g/mol. The quantitative estimate of drug-likeness (QED) is 0.0180. The second kappa shape index (κ2) is 52.7. The maximum atomic E-state index is 15.4. The average molecular weight is 2040 g/mol. The number of esters is 1. The van der Waals surface area contributed by atoms with Gasteiger partial charge in [-0.05, 0) is 206 Å². The van der Waals surface area contributed by atoms with Gasteiger partial charge in [-0.3, -0.25) is 81.5 Å². The van der Waals surface area contributed by atoms with Crippen molar-refractivity contribution in [3.05, 3.63) is 184 Å². The Morgan fingerprint density at radius 1 is 0.456 bits per heavy atom. The first-order chi connectivity index (χ1) is 70.3. The predicted molar refractivity (Wildman–Crippen MR) is 529 cm³/mol. The Labute approximate surface area is 845 Å². The summed E-state index contributed by atoms with van der Waals surface area (Å²) in [5.74, 6) is -18.3. The van der Waals surface area contributed by atoms with Crippen LogP contribution in [0.5, 0.6) is 28.7 Å². The van der Waals surface area contributed by atoms with Crippen LogP contribution in [0.1, 0.15) is 190 Å². The number of likely N-dealkylation sites (tertiary alicyclic amines) is 2. The average Bonchev–Trinajstić information content (AvgIpc) is 1.55. The Kier molecular flexibility index (Phi) is 40.1. The van der Waals surface area contributed by atoms with Crippen molar-refractivity contribution in [3.8, 4) is 28.7 Å². The number of hydrogen-bond acceptors (Lipinski definition) is 27. The molecule has 5 heterocycles. The van der Waals surface area contributed by atoms with Crippen LogP contribution in [-0.2, 0) is 106 Å². The van der Waals surface area contributed by atoms with Crippen LogP contribution in [0.25, 0.3) is 10.9 Å². The highest BCUT2D eigenvalue weighted by Crippen LogP contribution is 2.57. The summed E-state index contributed by atoms with van der Waals surface area (Å²) < 4.78 is 12.1. The zero-order valence-corrected chi connectivity index (χ0v) is 81.7. The van der Waals surface area contributed by atoms with Crippen molar-refractivity contribution in [1.82, 2.24) is 78.6 Å². The number of unbranched alkanes of at least 4 members (excludes halogenated alkanes) is 3. The van der Waals surface area contributed by atoms with Crippen LogP contribution in [0.2, 0.25) is 0 Å². The molecule has 4 aliphatic rings. The van der Waals surface area contributed by atoms with Gasteiger partial charge in [-0.25, -0.2) is 4.79 Å². The minimum absolute atomic E-state index is 0.0216. The van der Waals surface area contributed by atoms with E-state index in [0.29, 0.717) is 83.8 Å². The van der Waals surface area contributed by atoms with E-state index in [2.05, 4.69) is 68.8 Å². The molecular formula is C102H129N19O26. The predicted octanol–water partition coefficient (Wildman–Crippen LogP) is 0.286. The molecule has 0 saturated carbocycles. The number of ether oxygens (including phenoxy) is 2. The molecule has 45 nitrogen and oxygen atoms in total. The third kappa shape index (κ3) is 29.8. The summed E-state index contributed by atoms with van der Waals surface area (Å²) in [5, 5.41) is 93.9. The summed E-state index contributed by atoms with van der Waals surface area (Å²) in [7, 11) is 0. The lowest BCUT2D eigenvalue weighted by Gasteiger charge is -2.36. The minimum Gasteiger partial charge on any atom is -0.508 e. The number of nitrogens with two attached hydrogens (primary N) is 4. The number of aromatic nitrogens is 1. The summed E-state index contributed by atoms with van der Waals surface area (Å²) in [5.41, 5.74) is 23.7. The Morgan fingerprint density at radius 2 is 0.905 bits per heavy atom. The molecule has 27 N–H and O–H groups in total. The molecular weight excluding hydrogens is 1910 g/mol. The fourth-order valence-corrected chi connectivity index (χ4v) is 18.3. The Bertz CT molecular complexity index is 5910. The molecule has 2 saturated heterocycles. The van der Waals surface area contributed by atoms with Crippen molar-refractivity contribution in [2.24, 2.45) is 28.9 Å². The van der Waals surface area contributed by atoms with Crippen LogP contribution in [0.3, 0.4) is 0 Å². The van der Waals surface area contributed by atoms with Gasteiger partial charge >= 0.3 is 17.9 Å². The Balaban J connectivity index is 0.761. The van der Waals surface area contributed by atoms with Crippen molar-refractivity contribution < 1.29 is 126 Å². The fraction of sp³-hybridized carbons (Fsp3) is 0.451. The van der Waals surface area contributed by atoms with E-state index in [0.717, 1.165) is 4.90 Å². The molecule has 6 aromatic carbocycles. The number of aromatic amines is 1. The standard InChI is InChI=1S/C102H129N19O26/c1-55(2)45-75(117-98(142)81-25-16-43-120(81)99(143)74(37-39-86(129)130)114-92(136)73(36-38-85(127)128)110-84(126)53-108-89(133)59-28-33-66-65(48-59)101(145)147-102(66)67-34-31-62(124)50-82(67)146-83-51-63(125)32-35-68(83)102)93(137)115-76(46-58-26-29-61(123)30-27-58)94(138)116-77(49-60-52-107-69-20-8-7-19-64(60)69)95(139)119-79(54-122)96(140)118-78(47-57-17-5-4-6-18-57)100(144)121-44-15-24-80(121)97(141)109-56(3)88(132)112-71(22-10-13-41-104)91(135)113-72(23-11-14-42-105)90(134)111-70(87(106)131)21-9-12-40-103/h4-8,17-20,26-35,48,50-52,55-56,70-81,107,122-125H,9-16,21-25,36-47,49,53-54,103-105H2,1-3H3,(H2,106,131)(H,108,133)(H,109,141)(H,110,126)(H,111,134)(H,112,132)(H,113,135)(H,114,136)(H,115,137)(H,116,138)(H,117,142)(H,118,140)(H,119,139)(H,127,128)(H,129,130)/t56-,70-,71-,72-,73-,74-,75-,76-,77-,78-,79-,80-,81-/m0/s1. The van der Waals surface area contributed by atoms with E-state index in [1.54, 1.807) is 74.6 Å². The summed E-state index contributed by atoms with van der Waals surface area (Å²) in [6.45, 7) is 3.50. The zero-order valence-electron chi connectivity index (χ0n) is 81.7. The Hall–Kier alpha value is -15.6. The van der Waals surface area contributed by atoms with Crippen LogP contribution in [0.15, 0.2) is 140 Å². The van der Waals surface area contributed by atoms with E-state index >= 15 is 19.2 Å². The van der Waals surface area contributed by atoms with E-state index in [1.165, 1.54) is 90.7 Å². The molecule has 7 aromatic rings. The van der Waals surface area contributed by atoms with Gasteiger partial charge in [0.1, 0.15) is 107 Å². The molecule has 0 radical (unpaired) electrons. The van der Waals surface area contributed by atoms with Crippen molar-refractivity contribution in [1.29, 1.82) is 0 Å². The van der Waals surface area contributed by atoms with Crippen molar-refractivity contribution >= 4 is 117 Å². The number of aromatic hydroxyl groups is 3. The first-order valence-corrected chi connectivity index (χ1v) is 49.1. The number of fused-ring (bicyclic) bond motifs is 7. The van der Waals surface area contributed by atoms with E-state index in [1.807, 2.05) is 0 Å². The molecule has 0 aliphatic carbocycles. The van der Waals surface area contributed by atoms with Crippen molar-refractivity contribution in [2.45, 2.75) is 240 Å². The van der Waals surface area contributed by atoms with E-state index < -0.39 is 235 Å². The van der Waals surface area contributed by atoms with E-state index in [-0.39, 0.29) is 142 Å². The first-order valence-electron chi connectivity index (χ1n) is 49.1. The Morgan fingerprint density at radius 3 is 1.46 bits per heavy atom. The number of aliphatic carboxylic acids is 2. The number of carboxylic acid groups (broad SMARTS) is 2. The number of amides is 15. The topological polar surface area (TPSA) is 718 Å². The number of nitrogens with one attached hydrogen (secondary N) is 13. The molecule has 45 heteroatoms. The number of carbonyl (C=O) groups is 18. The van der Waals surface area contributed by atoms with Crippen LogP contribution >= 0.6 is 0 Å². The third-order valence-corrected chi connectivity index (χ3v) is 26.0. The maximum absolute atomic E-state index is 15.4. The maximum Gasteiger partial charge on any atom is 0.340 e. The van der Waals surface area contributed by atoms with Crippen LogP contribution in [0, 0.1) is 5.92 Å². The van der Waals surface area contributed by atoms with E-state index in [4.69, 9.17) is 32.4 Å². The number of aliphatic hydroxyl groups excluding tert-OH is 1. The number of para-hydroxylation sites is 1. The van der Waals surface area contributed by atoms with Gasteiger partial charge in [-0.1, -0.05) is 80.6 Å². The van der Waals surface area contributed by atoms with Gasteiger partial charge < -0.3 is 142 Å². The number of nitrogens with zero attached hydrogens (tertiary/aromatic N) is 2. The number of phenols is 3. The van der Waals surface area contributed by atoms with Crippen molar-refractivity contribution in [2.75, 3.05) is 45.9 Å². The molecule has 0 unspecified atom stereocenters. The molecule has 1 spiro atoms. The number of carbonyl (C=O) groups excluding carboxylic acids is 16. The van der Waals surface area contributed by atoms with Gasteiger partial charge in [0.25, 0.3) is 5.91 Å². The molecule has 1 aromatic heterocycles. The fourth-order valence-electron chi connectivity index (χ4n) is 18.3. The molecule has 11 rings (SSSR count). The number of benzene rings is 6. The molecule has 4 aliphatic heterocycles. The van der Waals surface area contributed by atoms with E-state index in [9.17, 15) is 97.8 Å². The highest BCUT2D eigenvalue weighted by atomic mass is 16.6. The minimum atomic E-state index is -1.88. The number of aliphatic hydroxyl groups is 1. The number of hydrogen-bond donors (Lipinski definition) is 23. The summed E-state index contributed by atoms with van der Waals surface area (Å²) in [6, 6.07) is 13.8. The molecule has 788 valence electrons. The van der Waals surface area contributed by atoms with Gasteiger partial charge in [-0.15, -0.1) is 0 Å². The summed E-state index contributed by atoms with van der Waals surface area (Å²) >= 11 is 0. The van der Waals surface area contributed by atoms with Gasteiger partial charge in [-0.2, -0.15) is 0 Å². The van der Waals surface area contributed by atoms with Crippen LogP contribution in [-0.4, -0.2) is 276 Å². The number of phenolic OH excluding ortho intramolecular Hbond substituents is 3. The molecule has 2 fully saturated rings. The molecule has 147 heavy (non-hydrogen) atoms. The number of H-pyrrole nitrogens is 1. The van der Waals surface area contributed by atoms with Crippen LogP contribution in [0.4, 0.5) is 0 Å². The lowest BCUT2D eigenvalue weighted by atomic mass is 9.77. The number of primary amides is 1. The third-order valence-electron chi connectivity index (χ3n) is 26.0. The number of rotatable bonds is 54. The molecule has 15 amide bonds. The van der Waals surface area contributed by atoms with Gasteiger partial charge in [0.15, 0.2) is 5.60 Å². The molecule has 0 bridgehead atoms. The lowest BCUT2D eigenvalue weighted by Crippen LogP contribution is -2.61. The van der Waals surface area contributed by atoms with Crippen molar-refractivity contribution in [3.63, 3.8) is 0 Å². The highest BCUT2D eigenvalue weighted by Gasteiger charge is 2.55. The van der Waals surface area contributed by atoms with Gasteiger partial charge in [0.2, 0.25) is 82.7 Å². The second-order valence-electron chi connectivity index (χ2n) is 37.3. The van der Waals surface area contributed by atoms with Gasteiger partial charge in [0.05, 0.1) is 18.7 Å². The highest BCUT2D eigenvalue weighted by molar-refractivity contribution is 6.05. The zero-order chi connectivity index (χ0) is 106. The lowest BCUT2D eigenvalue weighted by molar-refractivity contribution is -0.144. The normalized spacial score (nSPS) is 16.4. The van der Waals surface area contributed by atoms with Gasteiger partial charge in [0, 0.05) is 96.7 Å². The van der Waals surface area contributed by atoms with Crippen LogP contribution < -0.4 is 91.5 Å². The number of carboxylic acids is 2. The second-order valence-corrected chi connectivity index (χ2v) is 37.3. The largest absolute Gasteiger partial charge is 0.508 e. The summed E-state index contributed by atoms with van der Waals surface area (Å²) in [6.07, 6.45) is 1.32. The summed E-state index contributed by atoms with van der Waals surface area (Å²) in [4.78, 5) is 260. The molecule has 13 atom stereocenters.